The highest BCUT2D eigenvalue weighted by atomic mass is 35.5. The molecule has 0 aromatic carbocycles. The van der Waals surface area contributed by atoms with E-state index in [1.54, 1.807) is 37.1 Å². The van der Waals surface area contributed by atoms with Crippen molar-refractivity contribution in [3.8, 4) is 0 Å². The largest absolute Gasteiger partial charge is 0.579 e. The van der Waals surface area contributed by atoms with Crippen LogP contribution >= 0.6 is 11.6 Å². The Morgan fingerprint density at radius 2 is 1.94 bits per heavy atom. The maximum atomic E-state index is 12.5. The van der Waals surface area contributed by atoms with Gasteiger partial charge in [-0.15, -0.1) is 9.03 Å². The molecule has 2 aromatic rings. The third-order valence-electron chi connectivity index (χ3n) is 6.32. The second kappa shape index (κ2) is 9.20. The van der Waals surface area contributed by atoms with E-state index in [2.05, 4.69) is 34.7 Å². The van der Waals surface area contributed by atoms with E-state index >= 15 is 0 Å². The molecule has 1 saturated heterocycles. The molecule has 33 heavy (non-hydrogen) atoms. The Bertz CT molecular complexity index is 967. The standard InChI is InChI=1S/C21H31ClN8O2S/c1-21(2,31)12-29-11-17(7-24-29)26-20-23-8-18(22)19(27-20)25-16-5-13-9-30(10-14(13)6-16)33(32)28-15-3-4-15/h7-8,11,13-16,28,31H,3-6,9-10,12H2,1-2H3,(H2,23,25,26,27). The summed E-state index contributed by atoms with van der Waals surface area (Å²) in [6, 6.07) is 0.723. The van der Waals surface area contributed by atoms with E-state index in [1.165, 1.54) is 0 Å². The number of rotatable bonds is 9. The number of hydrogen-bond acceptors (Lipinski definition) is 9. The molecule has 3 heterocycles. The molecule has 0 bridgehead atoms. The molecule has 0 spiro atoms. The van der Waals surface area contributed by atoms with Gasteiger partial charge in [0.15, 0.2) is 5.82 Å². The number of aliphatic hydroxyl groups is 1. The minimum absolute atomic E-state index is 0.279. The summed E-state index contributed by atoms with van der Waals surface area (Å²) >= 11 is 5.32. The van der Waals surface area contributed by atoms with Crippen LogP contribution in [0.4, 0.5) is 17.5 Å². The van der Waals surface area contributed by atoms with Crippen LogP contribution in [0.25, 0.3) is 0 Å². The van der Waals surface area contributed by atoms with Gasteiger partial charge >= 0.3 is 0 Å². The van der Waals surface area contributed by atoms with Crippen LogP contribution in [0.1, 0.15) is 39.5 Å². The lowest BCUT2D eigenvalue weighted by molar-refractivity contribution is 0.0578. The van der Waals surface area contributed by atoms with Crippen LogP contribution in [-0.2, 0) is 18.1 Å². The zero-order valence-corrected chi connectivity index (χ0v) is 20.4. The number of nitrogens with one attached hydrogen (secondary N) is 3. The summed E-state index contributed by atoms with van der Waals surface area (Å²) < 4.78 is 19.4. The molecule has 10 nitrogen and oxygen atoms in total. The topological polar surface area (TPSA) is 126 Å². The van der Waals surface area contributed by atoms with Gasteiger partial charge in [0.25, 0.3) is 0 Å². The van der Waals surface area contributed by atoms with Gasteiger partial charge in [0.2, 0.25) is 5.95 Å². The maximum Gasteiger partial charge on any atom is 0.229 e. The molecular formula is C21H31ClN8O2S. The van der Waals surface area contributed by atoms with Crippen molar-refractivity contribution in [2.45, 2.75) is 63.8 Å². The van der Waals surface area contributed by atoms with Crippen LogP contribution in [0.3, 0.4) is 0 Å². The van der Waals surface area contributed by atoms with Crippen LogP contribution in [0.5, 0.6) is 0 Å². The van der Waals surface area contributed by atoms with Gasteiger partial charge in [-0.1, -0.05) is 11.6 Å². The average Bonchev–Trinajstić information content (AvgIpc) is 3.11. The molecule has 2 saturated carbocycles. The minimum atomic E-state index is -1.06. The van der Waals surface area contributed by atoms with Crippen molar-refractivity contribution in [2.75, 3.05) is 23.7 Å². The predicted octanol–water partition coefficient (Wildman–Crippen LogP) is 2.29. The Hall–Kier alpha value is -1.63. The molecule has 3 atom stereocenters. The summed E-state index contributed by atoms with van der Waals surface area (Å²) in [5.41, 5.74) is -0.118. The van der Waals surface area contributed by atoms with Crippen LogP contribution in [0, 0.1) is 11.8 Å². The van der Waals surface area contributed by atoms with E-state index in [0.29, 0.717) is 41.2 Å². The molecule has 5 rings (SSSR count). The zero-order chi connectivity index (χ0) is 23.2. The number of anilines is 3. The van der Waals surface area contributed by atoms with Crippen LogP contribution < -0.4 is 15.4 Å². The molecule has 2 aromatic heterocycles. The predicted molar refractivity (Wildman–Crippen MR) is 128 cm³/mol. The number of nitrogens with zero attached hydrogens (tertiary/aromatic N) is 5. The van der Waals surface area contributed by atoms with Crippen LogP contribution in [0.15, 0.2) is 18.6 Å². The Morgan fingerprint density at radius 3 is 2.61 bits per heavy atom. The van der Waals surface area contributed by atoms with Gasteiger partial charge in [0, 0.05) is 25.3 Å². The van der Waals surface area contributed by atoms with Gasteiger partial charge in [-0.25, -0.2) is 4.98 Å². The third-order valence-corrected chi connectivity index (χ3v) is 7.90. The van der Waals surface area contributed by atoms with Crippen molar-refractivity contribution >= 4 is 40.6 Å². The molecular weight excluding hydrogens is 464 g/mol. The van der Waals surface area contributed by atoms with E-state index in [0.717, 1.165) is 44.5 Å². The first-order valence-corrected chi connectivity index (χ1v) is 12.9. The highest BCUT2D eigenvalue weighted by Crippen LogP contribution is 2.40. The smallest absolute Gasteiger partial charge is 0.229 e. The zero-order valence-electron chi connectivity index (χ0n) is 18.9. The summed E-state index contributed by atoms with van der Waals surface area (Å²) in [5, 5.41) is 21.3. The van der Waals surface area contributed by atoms with Crippen LogP contribution in [0.2, 0.25) is 5.02 Å². The number of fused-ring (bicyclic) bond motifs is 1. The van der Waals surface area contributed by atoms with Gasteiger partial charge in [-0.2, -0.15) is 10.1 Å². The first-order valence-electron chi connectivity index (χ1n) is 11.5. The lowest BCUT2D eigenvalue weighted by atomic mass is 10.0. The summed E-state index contributed by atoms with van der Waals surface area (Å²) in [4.78, 5) is 8.85. The Labute approximate surface area is 201 Å². The number of hydrogen-bond donors (Lipinski definition) is 4. The molecule has 2 aliphatic carbocycles. The molecule has 3 fully saturated rings. The average molecular weight is 495 g/mol. The van der Waals surface area contributed by atoms with E-state index in [9.17, 15) is 9.66 Å². The fraction of sp³-hybridized carbons (Fsp3) is 0.667. The van der Waals surface area contributed by atoms with E-state index in [-0.39, 0.29) is 6.04 Å². The molecule has 12 heteroatoms. The lowest BCUT2D eigenvalue weighted by Gasteiger charge is -2.21. The molecule has 3 unspecified atom stereocenters. The SMILES string of the molecule is CC(C)(O)Cn1cc(Nc2ncc(Cl)c(NC3CC4CN([S+]([O-])NC5CC5)CC4C3)n2)cn1. The van der Waals surface area contributed by atoms with Gasteiger partial charge in [0.1, 0.15) is 16.6 Å². The first kappa shape index (κ1) is 23.1. The van der Waals surface area contributed by atoms with Crippen molar-refractivity contribution in [1.82, 2.24) is 28.8 Å². The monoisotopic (exact) mass is 494 g/mol. The summed E-state index contributed by atoms with van der Waals surface area (Å²) in [7, 11) is 0. The molecule has 0 amide bonds. The fourth-order valence-electron chi connectivity index (χ4n) is 4.69. The van der Waals surface area contributed by atoms with Gasteiger partial charge in [-0.05, 0) is 51.4 Å². The highest BCUT2D eigenvalue weighted by Gasteiger charge is 2.46. The van der Waals surface area contributed by atoms with Crippen molar-refractivity contribution in [3.05, 3.63) is 23.6 Å². The first-order chi connectivity index (χ1) is 15.7. The summed E-state index contributed by atoms with van der Waals surface area (Å²) in [5.74, 6) is 2.11. The van der Waals surface area contributed by atoms with Crippen molar-refractivity contribution in [2.24, 2.45) is 11.8 Å². The Morgan fingerprint density at radius 1 is 1.21 bits per heavy atom. The van der Waals surface area contributed by atoms with Crippen molar-refractivity contribution in [1.29, 1.82) is 0 Å². The number of halogens is 1. The molecule has 0 radical (unpaired) electrons. The van der Waals surface area contributed by atoms with Gasteiger partial charge in [0.05, 0.1) is 36.3 Å². The van der Waals surface area contributed by atoms with Crippen LogP contribution in [-0.4, -0.2) is 64.5 Å². The normalized spacial score (nSPS) is 26.4. The summed E-state index contributed by atoms with van der Waals surface area (Å²) in [6.45, 7) is 5.60. The molecule has 1 aliphatic heterocycles. The van der Waals surface area contributed by atoms with Gasteiger partial charge < -0.3 is 20.3 Å². The fourth-order valence-corrected chi connectivity index (χ4v) is 6.16. The number of aromatic nitrogens is 4. The van der Waals surface area contributed by atoms with E-state index in [1.807, 2.05) is 0 Å². The quantitative estimate of drug-likeness (QED) is 0.388. The Balaban J connectivity index is 1.16. The summed E-state index contributed by atoms with van der Waals surface area (Å²) in [6.07, 6.45) is 9.35. The maximum absolute atomic E-state index is 12.5. The van der Waals surface area contributed by atoms with Crippen molar-refractivity contribution < 1.29 is 9.66 Å². The third kappa shape index (κ3) is 5.90. The van der Waals surface area contributed by atoms with Crippen molar-refractivity contribution in [3.63, 3.8) is 0 Å². The van der Waals surface area contributed by atoms with Gasteiger partial charge in [-0.3, -0.25) is 4.68 Å². The molecule has 4 N–H and O–H groups in total. The van der Waals surface area contributed by atoms with E-state index in [4.69, 9.17) is 11.6 Å². The molecule has 3 aliphatic rings. The van der Waals surface area contributed by atoms with E-state index < -0.39 is 17.1 Å². The highest BCUT2D eigenvalue weighted by molar-refractivity contribution is 7.87. The second-order valence-electron chi connectivity index (χ2n) is 10.1. The lowest BCUT2D eigenvalue weighted by Crippen LogP contribution is -2.41. The minimum Gasteiger partial charge on any atom is -0.579 e. The second-order valence-corrected chi connectivity index (χ2v) is 11.7. The Kier molecular flexibility index (Phi) is 6.45. The molecule has 180 valence electrons.